The van der Waals surface area contributed by atoms with Crippen molar-refractivity contribution < 1.29 is 27.5 Å². The van der Waals surface area contributed by atoms with E-state index in [1.54, 1.807) is 0 Å². The van der Waals surface area contributed by atoms with Crippen LogP contribution >= 0.6 is 0 Å². The van der Waals surface area contributed by atoms with Gasteiger partial charge in [-0.25, -0.2) is 22.7 Å². The van der Waals surface area contributed by atoms with Crippen molar-refractivity contribution in [2.45, 2.75) is 23.8 Å². The van der Waals surface area contributed by atoms with Crippen LogP contribution < -0.4 is 10.0 Å². The molecule has 1 aromatic carbocycles. The van der Waals surface area contributed by atoms with Crippen molar-refractivity contribution in [3.8, 4) is 0 Å². The average Bonchev–Trinajstić information content (AvgIpc) is 3.11. The number of benzene rings is 1. The predicted octanol–water partition coefficient (Wildman–Crippen LogP) is 0.290. The van der Waals surface area contributed by atoms with E-state index in [2.05, 4.69) is 19.5 Å². The number of nitrogens with one attached hydrogen (secondary N) is 2. The fourth-order valence-electron chi connectivity index (χ4n) is 2.49. The van der Waals surface area contributed by atoms with Crippen LogP contribution in [0.1, 0.15) is 33.6 Å². The Morgan fingerprint density at radius 2 is 1.96 bits per heavy atom. The van der Waals surface area contributed by atoms with Gasteiger partial charge in [-0.1, -0.05) is 0 Å². The summed E-state index contributed by atoms with van der Waals surface area (Å²) in [5, 5.41) is 3.18. The number of sulfonamides is 1. The molecular formula is C15H20N2O6S. The topological polar surface area (TPSA) is 111 Å². The summed E-state index contributed by atoms with van der Waals surface area (Å²) < 4.78 is 36.9. The first kappa shape index (κ1) is 18.4. The Labute approximate surface area is 140 Å². The molecule has 0 spiro atoms. The summed E-state index contributed by atoms with van der Waals surface area (Å²) in [5.74, 6) is -1.49. The maximum Gasteiger partial charge on any atom is 0.339 e. The fraction of sp³-hybridized carbons (Fsp3) is 0.467. The summed E-state index contributed by atoms with van der Waals surface area (Å²) in [4.78, 5) is 23.2. The van der Waals surface area contributed by atoms with Gasteiger partial charge in [-0.2, -0.15) is 0 Å². The number of hydrogen-bond donors (Lipinski definition) is 2. The van der Waals surface area contributed by atoms with Gasteiger partial charge in [-0.15, -0.1) is 0 Å². The Balaban J connectivity index is 2.35. The second-order valence-corrected chi connectivity index (χ2v) is 7.07. The lowest BCUT2D eigenvalue weighted by Gasteiger charge is -2.14. The van der Waals surface area contributed by atoms with E-state index in [1.807, 2.05) is 0 Å². The third kappa shape index (κ3) is 4.11. The highest BCUT2D eigenvalue weighted by Crippen LogP contribution is 2.20. The first-order valence-corrected chi connectivity index (χ1v) is 8.91. The van der Waals surface area contributed by atoms with Crippen LogP contribution in [0.4, 0.5) is 0 Å². The minimum absolute atomic E-state index is 0.0320. The van der Waals surface area contributed by atoms with Crippen LogP contribution in [0, 0.1) is 0 Å². The highest BCUT2D eigenvalue weighted by Gasteiger charge is 2.26. The molecule has 8 nitrogen and oxygen atoms in total. The minimum atomic E-state index is -4.00. The van der Waals surface area contributed by atoms with Gasteiger partial charge in [0.1, 0.15) is 0 Å². The van der Waals surface area contributed by atoms with Crippen molar-refractivity contribution in [1.29, 1.82) is 0 Å². The van der Waals surface area contributed by atoms with E-state index < -0.39 is 22.0 Å². The highest BCUT2D eigenvalue weighted by atomic mass is 32.2. The molecule has 1 unspecified atom stereocenters. The molecule has 1 atom stereocenters. The van der Waals surface area contributed by atoms with Crippen LogP contribution in [0.5, 0.6) is 0 Å². The van der Waals surface area contributed by atoms with Crippen LogP contribution in [0.15, 0.2) is 23.1 Å². The molecule has 9 heteroatoms. The maximum absolute atomic E-state index is 12.6. The molecular weight excluding hydrogens is 336 g/mol. The molecule has 0 aromatic heterocycles. The van der Waals surface area contributed by atoms with Crippen LogP contribution in [-0.4, -0.2) is 53.7 Å². The van der Waals surface area contributed by atoms with E-state index in [-0.39, 0.29) is 28.6 Å². The summed E-state index contributed by atoms with van der Waals surface area (Å²) in [7, 11) is -1.65. The molecule has 1 heterocycles. The van der Waals surface area contributed by atoms with Gasteiger partial charge in [0.05, 0.1) is 30.2 Å². The lowest BCUT2D eigenvalue weighted by Crippen LogP contribution is -2.37. The number of methoxy groups -OCH3 is 2. The van der Waals surface area contributed by atoms with Gasteiger partial charge in [0.15, 0.2) is 0 Å². The molecule has 0 radical (unpaired) electrons. The Bertz CT molecular complexity index is 725. The minimum Gasteiger partial charge on any atom is -0.465 e. The van der Waals surface area contributed by atoms with Crippen molar-refractivity contribution in [3.63, 3.8) is 0 Å². The van der Waals surface area contributed by atoms with Gasteiger partial charge in [-0.3, -0.25) is 0 Å². The van der Waals surface area contributed by atoms with Crippen LogP contribution in [0.3, 0.4) is 0 Å². The monoisotopic (exact) mass is 356 g/mol. The molecule has 132 valence electrons. The maximum atomic E-state index is 12.6. The zero-order valence-electron chi connectivity index (χ0n) is 13.5. The first-order chi connectivity index (χ1) is 11.4. The SMILES string of the molecule is COC(=O)c1ccc(C(=O)OC)c(S(=O)(=O)NCC2CCCN2)c1. The van der Waals surface area contributed by atoms with Crippen molar-refractivity contribution >= 4 is 22.0 Å². The van der Waals surface area contributed by atoms with Gasteiger partial charge in [-0.05, 0) is 37.6 Å². The van der Waals surface area contributed by atoms with Gasteiger partial charge in [0, 0.05) is 12.6 Å². The molecule has 1 fully saturated rings. The number of ether oxygens (including phenoxy) is 2. The summed E-state index contributed by atoms with van der Waals surface area (Å²) in [6.07, 6.45) is 1.85. The van der Waals surface area contributed by atoms with Crippen molar-refractivity contribution in [3.05, 3.63) is 29.3 Å². The second kappa shape index (κ2) is 7.73. The molecule has 1 saturated heterocycles. The Morgan fingerprint density at radius 1 is 1.25 bits per heavy atom. The van der Waals surface area contributed by atoms with Crippen molar-refractivity contribution in [2.24, 2.45) is 0 Å². The number of carbonyl (C=O) groups excluding carboxylic acids is 2. The average molecular weight is 356 g/mol. The molecule has 1 aliphatic heterocycles. The molecule has 0 saturated carbocycles. The number of hydrogen-bond acceptors (Lipinski definition) is 7. The number of rotatable bonds is 6. The van der Waals surface area contributed by atoms with Crippen LogP contribution in [0.2, 0.25) is 0 Å². The zero-order valence-corrected chi connectivity index (χ0v) is 14.3. The molecule has 0 bridgehead atoms. The third-order valence-electron chi connectivity index (χ3n) is 3.78. The molecule has 2 N–H and O–H groups in total. The molecule has 1 aromatic rings. The fourth-order valence-corrected chi connectivity index (χ4v) is 3.79. The van der Waals surface area contributed by atoms with Gasteiger partial charge < -0.3 is 14.8 Å². The van der Waals surface area contributed by atoms with Gasteiger partial charge in [0.25, 0.3) is 0 Å². The number of carbonyl (C=O) groups is 2. The zero-order chi connectivity index (χ0) is 17.7. The molecule has 24 heavy (non-hydrogen) atoms. The third-order valence-corrected chi connectivity index (χ3v) is 5.24. The van der Waals surface area contributed by atoms with Crippen molar-refractivity contribution in [1.82, 2.24) is 10.0 Å². The van der Waals surface area contributed by atoms with Crippen molar-refractivity contribution in [2.75, 3.05) is 27.3 Å². The molecule has 1 aliphatic rings. The summed E-state index contributed by atoms with van der Waals surface area (Å²) in [5.41, 5.74) is -0.110. The standard InChI is InChI=1S/C15H20N2O6S/c1-22-14(18)10-5-6-12(15(19)23-2)13(8-10)24(20,21)17-9-11-4-3-7-16-11/h5-6,8,11,16-17H,3-4,7,9H2,1-2H3. The molecule has 0 aliphatic carbocycles. The predicted molar refractivity (Wildman–Crippen MR) is 85.3 cm³/mol. The van der Waals surface area contributed by atoms with E-state index in [9.17, 15) is 18.0 Å². The van der Waals surface area contributed by atoms with Gasteiger partial charge >= 0.3 is 11.9 Å². The lowest BCUT2D eigenvalue weighted by atomic mass is 10.1. The quantitative estimate of drug-likeness (QED) is 0.705. The summed E-state index contributed by atoms with van der Waals surface area (Å²) in [6.45, 7) is 1.04. The lowest BCUT2D eigenvalue weighted by molar-refractivity contribution is 0.0583. The molecule has 2 rings (SSSR count). The normalized spacial score (nSPS) is 17.5. The molecule has 0 amide bonds. The number of esters is 2. The Morgan fingerprint density at radius 3 is 2.54 bits per heavy atom. The van der Waals surface area contributed by atoms with E-state index in [1.165, 1.54) is 19.2 Å². The van der Waals surface area contributed by atoms with Crippen LogP contribution in [-0.2, 0) is 19.5 Å². The second-order valence-electron chi connectivity index (χ2n) is 5.34. The van der Waals surface area contributed by atoms with Crippen LogP contribution in [0.25, 0.3) is 0 Å². The largest absolute Gasteiger partial charge is 0.465 e. The van der Waals surface area contributed by atoms with E-state index in [4.69, 9.17) is 0 Å². The Kier molecular flexibility index (Phi) is 5.92. The Hall–Kier alpha value is -1.97. The first-order valence-electron chi connectivity index (χ1n) is 7.42. The van der Waals surface area contributed by atoms with E-state index in [0.717, 1.165) is 32.6 Å². The summed E-state index contributed by atoms with van der Waals surface area (Å²) >= 11 is 0. The van der Waals surface area contributed by atoms with E-state index in [0.29, 0.717) is 0 Å². The van der Waals surface area contributed by atoms with Gasteiger partial charge in [0.2, 0.25) is 10.0 Å². The van der Waals surface area contributed by atoms with E-state index >= 15 is 0 Å². The highest BCUT2D eigenvalue weighted by molar-refractivity contribution is 7.89. The summed E-state index contributed by atoms with van der Waals surface area (Å²) in [6, 6.07) is 3.71. The smallest absolute Gasteiger partial charge is 0.339 e.